The van der Waals surface area contributed by atoms with Crippen molar-refractivity contribution in [2.45, 2.75) is 19.9 Å². The zero-order valence-corrected chi connectivity index (χ0v) is 18.2. The Hall–Kier alpha value is -3.47. The molecule has 0 saturated carbocycles. The highest BCUT2D eigenvalue weighted by Crippen LogP contribution is 2.26. The largest absolute Gasteiger partial charge is 0.497 e. The van der Waals surface area contributed by atoms with Crippen molar-refractivity contribution in [3.8, 4) is 34.5 Å². The number of hydrogen-bond acceptors (Lipinski definition) is 4. The van der Waals surface area contributed by atoms with Crippen LogP contribution in [0, 0.1) is 17.8 Å². The van der Waals surface area contributed by atoms with E-state index in [1.165, 1.54) is 0 Å². The summed E-state index contributed by atoms with van der Waals surface area (Å²) in [6, 6.07) is 15.0. The predicted octanol–water partition coefficient (Wildman–Crippen LogP) is 4.35. The van der Waals surface area contributed by atoms with Gasteiger partial charge in [-0.25, -0.2) is 9.48 Å². The predicted molar refractivity (Wildman–Crippen MR) is 119 cm³/mol. The highest BCUT2D eigenvalue weighted by atomic mass is 35.5. The number of ether oxygens (including phenoxy) is 1. The van der Waals surface area contributed by atoms with Crippen LogP contribution in [0.2, 0.25) is 5.02 Å². The molecule has 0 aliphatic heterocycles. The molecular formula is C23H23ClN4O3. The number of rotatable bonds is 5. The molecule has 2 amide bonds. The summed E-state index contributed by atoms with van der Waals surface area (Å²) in [6.45, 7) is 3.67. The van der Waals surface area contributed by atoms with Crippen LogP contribution in [0.1, 0.15) is 19.5 Å². The second-order valence-corrected chi connectivity index (χ2v) is 7.61. The van der Waals surface area contributed by atoms with Crippen molar-refractivity contribution in [3.05, 3.63) is 65.3 Å². The summed E-state index contributed by atoms with van der Waals surface area (Å²) in [4.78, 5) is 11.4. The number of carbonyl (C=O) groups excluding carboxylic acids is 1. The molecule has 1 heterocycles. The van der Waals surface area contributed by atoms with Crippen molar-refractivity contribution in [3.63, 3.8) is 0 Å². The quantitative estimate of drug-likeness (QED) is 0.352. The number of aromatic nitrogens is 2. The van der Waals surface area contributed by atoms with Crippen LogP contribution in [0.3, 0.4) is 0 Å². The molecule has 8 heteroatoms. The number of halogens is 1. The van der Waals surface area contributed by atoms with Crippen LogP contribution < -0.4 is 10.5 Å². The Labute approximate surface area is 185 Å². The normalized spacial score (nSPS) is 11.5. The van der Waals surface area contributed by atoms with E-state index in [0.29, 0.717) is 15.8 Å². The Morgan fingerprint density at radius 1 is 1.19 bits per heavy atom. The molecule has 1 aromatic heterocycles. The van der Waals surface area contributed by atoms with Crippen LogP contribution in [0.25, 0.3) is 16.9 Å². The highest BCUT2D eigenvalue weighted by Gasteiger charge is 2.21. The zero-order valence-electron chi connectivity index (χ0n) is 17.4. The molecule has 7 nitrogen and oxygen atoms in total. The standard InChI is InChI=1S/C23H23ClN4O3/c1-15(2)21(28(30)23(25)29)13-8-18-14-22(16-4-6-17(24)7-5-16)27(26-18)19-9-11-20(31-3)12-10-19/h4-7,9-12,14-15,21,30H,1-3H3,(H2,25,29). The van der Waals surface area contributed by atoms with Gasteiger partial charge in [0.15, 0.2) is 0 Å². The molecule has 160 valence electrons. The van der Waals surface area contributed by atoms with Crippen molar-refractivity contribution in [2.24, 2.45) is 11.7 Å². The number of primary amides is 1. The highest BCUT2D eigenvalue weighted by molar-refractivity contribution is 6.30. The summed E-state index contributed by atoms with van der Waals surface area (Å²) in [7, 11) is 1.61. The topological polar surface area (TPSA) is 93.6 Å². The first-order chi connectivity index (χ1) is 14.8. The maximum atomic E-state index is 11.4. The molecule has 0 spiro atoms. The molecule has 1 atom stereocenters. The van der Waals surface area contributed by atoms with Gasteiger partial charge >= 0.3 is 6.03 Å². The lowest BCUT2D eigenvalue weighted by atomic mass is 10.0. The second-order valence-electron chi connectivity index (χ2n) is 7.17. The van der Waals surface area contributed by atoms with Gasteiger partial charge in [-0.2, -0.15) is 10.2 Å². The lowest BCUT2D eigenvalue weighted by molar-refractivity contribution is -0.0695. The van der Waals surface area contributed by atoms with Gasteiger partial charge in [0.25, 0.3) is 0 Å². The van der Waals surface area contributed by atoms with Gasteiger partial charge in [0.1, 0.15) is 17.5 Å². The number of nitrogens with zero attached hydrogens (tertiary/aromatic N) is 3. The number of carbonyl (C=O) groups is 1. The number of nitrogens with two attached hydrogens (primary N) is 1. The van der Waals surface area contributed by atoms with Gasteiger partial charge in [0.05, 0.1) is 18.5 Å². The van der Waals surface area contributed by atoms with E-state index in [0.717, 1.165) is 22.7 Å². The third-order valence-corrected chi connectivity index (χ3v) is 4.89. The monoisotopic (exact) mass is 438 g/mol. The van der Waals surface area contributed by atoms with E-state index in [1.807, 2.05) is 56.3 Å². The van der Waals surface area contributed by atoms with E-state index < -0.39 is 12.1 Å². The summed E-state index contributed by atoms with van der Waals surface area (Å²) < 4.78 is 7.00. The second kappa shape index (κ2) is 9.56. The molecule has 3 N–H and O–H groups in total. The molecule has 0 radical (unpaired) electrons. The molecule has 31 heavy (non-hydrogen) atoms. The van der Waals surface area contributed by atoms with Gasteiger partial charge in [-0.15, -0.1) is 0 Å². The molecule has 0 aliphatic carbocycles. The maximum Gasteiger partial charge on any atom is 0.339 e. The maximum absolute atomic E-state index is 11.4. The number of hydrogen-bond donors (Lipinski definition) is 2. The van der Waals surface area contributed by atoms with Crippen LogP contribution in [0.4, 0.5) is 4.79 Å². The van der Waals surface area contributed by atoms with Crippen LogP contribution in [-0.2, 0) is 0 Å². The van der Waals surface area contributed by atoms with Gasteiger partial charge in [-0.05, 0) is 48.2 Å². The van der Waals surface area contributed by atoms with Crippen LogP contribution >= 0.6 is 11.6 Å². The minimum atomic E-state index is -0.960. The summed E-state index contributed by atoms with van der Waals surface area (Å²) in [5, 5.41) is 15.6. The number of benzene rings is 2. The Morgan fingerprint density at radius 2 is 1.84 bits per heavy atom. The summed E-state index contributed by atoms with van der Waals surface area (Å²) in [5.74, 6) is 6.45. The van der Waals surface area contributed by atoms with E-state index in [2.05, 4.69) is 16.9 Å². The van der Waals surface area contributed by atoms with E-state index in [4.69, 9.17) is 22.1 Å². The van der Waals surface area contributed by atoms with E-state index >= 15 is 0 Å². The first-order valence-electron chi connectivity index (χ1n) is 9.59. The Bertz CT molecular complexity index is 1110. The minimum Gasteiger partial charge on any atom is -0.497 e. The SMILES string of the molecule is COc1ccc(-n2nc(C#CC(C(C)C)N(O)C(N)=O)cc2-c2ccc(Cl)cc2)cc1. The van der Waals surface area contributed by atoms with Crippen molar-refractivity contribution < 1.29 is 14.7 Å². The smallest absolute Gasteiger partial charge is 0.339 e. The van der Waals surface area contributed by atoms with Crippen LogP contribution in [0.5, 0.6) is 5.75 Å². The third kappa shape index (κ3) is 5.18. The van der Waals surface area contributed by atoms with E-state index in [1.54, 1.807) is 23.9 Å². The molecule has 0 bridgehead atoms. The molecule has 2 aromatic carbocycles. The number of methoxy groups -OCH3 is 1. The average Bonchev–Trinajstić information content (AvgIpc) is 3.18. The van der Waals surface area contributed by atoms with Crippen LogP contribution in [-0.4, -0.2) is 39.2 Å². The van der Waals surface area contributed by atoms with E-state index in [-0.39, 0.29) is 5.92 Å². The Morgan fingerprint density at radius 3 is 2.39 bits per heavy atom. The molecule has 0 aliphatic rings. The Balaban J connectivity index is 2.07. The summed E-state index contributed by atoms with van der Waals surface area (Å²) in [5.41, 5.74) is 8.20. The Kier molecular flexibility index (Phi) is 6.85. The van der Waals surface area contributed by atoms with Gasteiger partial charge < -0.3 is 10.5 Å². The first-order valence-corrected chi connectivity index (χ1v) is 9.97. The van der Waals surface area contributed by atoms with Gasteiger partial charge in [0.2, 0.25) is 0 Å². The fourth-order valence-electron chi connectivity index (χ4n) is 2.98. The number of amides is 2. The zero-order chi connectivity index (χ0) is 22.5. The molecule has 0 fully saturated rings. The van der Waals surface area contributed by atoms with E-state index in [9.17, 15) is 10.0 Å². The van der Waals surface area contributed by atoms with Gasteiger partial charge in [-0.3, -0.25) is 5.21 Å². The third-order valence-electron chi connectivity index (χ3n) is 4.64. The lowest BCUT2D eigenvalue weighted by Crippen LogP contribution is -2.43. The lowest BCUT2D eigenvalue weighted by Gasteiger charge is -2.22. The summed E-state index contributed by atoms with van der Waals surface area (Å²) >= 11 is 6.04. The number of hydroxylamine groups is 2. The van der Waals surface area contributed by atoms with Gasteiger partial charge in [-0.1, -0.05) is 43.5 Å². The van der Waals surface area contributed by atoms with Crippen molar-refractivity contribution in [1.82, 2.24) is 14.8 Å². The minimum absolute atomic E-state index is 0.135. The van der Waals surface area contributed by atoms with Gasteiger partial charge in [0, 0.05) is 16.7 Å². The van der Waals surface area contributed by atoms with Crippen molar-refractivity contribution >= 4 is 17.6 Å². The molecule has 0 saturated heterocycles. The summed E-state index contributed by atoms with van der Waals surface area (Å²) in [6.07, 6.45) is 0. The van der Waals surface area contributed by atoms with Crippen molar-refractivity contribution in [1.29, 1.82) is 0 Å². The average molecular weight is 439 g/mol. The molecule has 3 aromatic rings. The molecule has 3 rings (SSSR count). The fourth-order valence-corrected chi connectivity index (χ4v) is 3.11. The van der Waals surface area contributed by atoms with Crippen LogP contribution in [0.15, 0.2) is 54.6 Å². The fraction of sp³-hybridized carbons (Fsp3) is 0.217. The first kappa shape index (κ1) is 22.2. The molecular weight excluding hydrogens is 416 g/mol. The number of urea groups is 1. The van der Waals surface area contributed by atoms with Crippen molar-refractivity contribution in [2.75, 3.05) is 7.11 Å². The molecule has 1 unspecified atom stereocenters.